The predicted molar refractivity (Wildman–Crippen MR) is 45.2 cm³/mol. The van der Waals surface area contributed by atoms with Crippen molar-refractivity contribution in [2.45, 2.75) is 6.35 Å². The Balaban J connectivity index is 2.71. The largest absolute Gasteiger partial charge is 0.463 e. The van der Waals surface area contributed by atoms with Crippen LogP contribution in [0.15, 0.2) is 23.2 Å². The van der Waals surface area contributed by atoms with Crippen LogP contribution in [0.2, 0.25) is 0 Å². The van der Waals surface area contributed by atoms with Gasteiger partial charge in [-0.15, -0.1) is 0 Å². The van der Waals surface area contributed by atoms with Crippen molar-refractivity contribution >= 4 is 11.9 Å². The topological polar surface area (TPSA) is 73.6 Å². The van der Waals surface area contributed by atoms with Gasteiger partial charge in [0, 0.05) is 10.9 Å². The zero-order valence-electron chi connectivity index (χ0n) is 6.40. The molecule has 0 amide bonds. The van der Waals surface area contributed by atoms with Gasteiger partial charge in [-0.05, 0) is 18.2 Å². The number of ether oxygens (including phenoxy) is 1. The molecule has 0 aromatic heterocycles. The second-order valence-electron chi connectivity index (χ2n) is 2.59. The molecule has 0 bridgehead atoms. The maximum absolute atomic E-state index is 5.57. The van der Waals surface area contributed by atoms with Crippen molar-refractivity contribution in [1.29, 1.82) is 0 Å². The van der Waals surface area contributed by atoms with Crippen LogP contribution in [0, 0.1) is 0 Å². The molecule has 2 rings (SSSR count). The van der Waals surface area contributed by atoms with Crippen LogP contribution >= 0.6 is 0 Å². The summed E-state index contributed by atoms with van der Waals surface area (Å²) in [6.45, 7) is 0. The average molecular weight is 163 g/mol. The van der Waals surface area contributed by atoms with Gasteiger partial charge in [0.15, 0.2) is 0 Å². The standard InChI is InChI=1S/C8H9N3O/c9-6-1-2-7-5(3-6)4-12-8(10)11-7/h1-4,8H,9-10H2. The van der Waals surface area contributed by atoms with Gasteiger partial charge >= 0.3 is 0 Å². The van der Waals surface area contributed by atoms with Crippen LogP contribution in [0.4, 0.5) is 5.69 Å². The molecule has 4 nitrogen and oxygen atoms in total. The van der Waals surface area contributed by atoms with Gasteiger partial charge in [0.05, 0.1) is 11.6 Å². The number of benzene rings is 1. The lowest BCUT2D eigenvalue weighted by Crippen LogP contribution is -2.35. The summed E-state index contributed by atoms with van der Waals surface area (Å²) in [4.78, 5) is 4.06. The van der Waals surface area contributed by atoms with E-state index >= 15 is 0 Å². The zero-order chi connectivity index (χ0) is 8.55. The molecule has 4 heteroatoms. The number of fused-ring (bicyclic) bond motifs is 1. The molecule has 1 aromatic carbocycles. The summed E-state index contributed by atoms with van der Waals surface area (Å²) in [6.07, 6.45) is 0.990. The number of nitrogens with zero attached hydrogens (tertiary/aromatic N) is 1. The molecular weight excluding hydrogens is 154 g/mol. The van der Waals surface area contributed by atoms with Gasteiger partial charge in [0.25, 0.3) is 0 Å². The highest BCUT2D eigenvalue weighted by Gasteiger charge is 2.01. The summed E-state index contributed by atoms with van der Waals surface area (Å²) < 4.78 is 4.99. The molecule has 0 aliphatic carbocycles. The van der Waals surface area contributed by atoms with Crippen molar-refractivity contribution in [3.63, 3.8) is 0 Å². The summed E-state index contributed by atoms with van der Waals surface area (Å²) in [5, 5.41) is 1.69. The molecule has 1 unspecified atom stereocenters. The fourth-order valence-corrected chi connectivity index (χ4v) is 1.10. The number of rotatable bonds is 0. The quantitative estimate of drug-likeness (QED) is 0.477. The molecule has 0 fully saturated rings. The van der Waals surface area contributed by atoms with Gasteiger partial charge in [0.1, 0.15) is 0 Å². The number of hydrogen-bond acceptors (Lipinski definition) is 4. The van der Waals surface area contributed by atoms with Gasteiger partial charge in [-0.1, -0.05) is 0 Å². The Morgan fingerprint density at radius 1 is 1.42 bits per heavy atom. The highest BCUT2D eigenvalue weighted by atomic mass is 16.5. The van der Waals surface area contributed by atoms with E-state index in [-0.39, 0.29) is 0 Å². The molecule has 1 aliphatic rings. The Kier molecular flexibility index (Phi) is 1.48. The van der Waals surface area contributed by atoms with E-state index in [4.69, 9.17) is 16.2 Å². The van der Waals surface area contributed by atoms with Gasteiger partial charge in [0.2, 0.25) is 6.35 Å². The normalized spacial score (nSPS) is 19.9. The summed E-state index contributed by atoms with van der Waals surface area (Å²) in [6, 6.07) is 5.41. The third-order valence-electron chi connectivity index (χ3n) is 1.65. The third kappa shape index (κ3) is 1.12. The molecule has 0 radical (unpaired) electrons. The molecule has 1 atom stereocenters. The lowest BCUT2D eigenvalue weighted by atomic mass is 10.2. The fourth-order valence-electron chi connectivity index (χ4n) is 1.10. The van der Waals surface area contributed by atoms with Crippen LogP contribution in [0.1, 0.15) is 0 Å². The number of hydrogen-bond donors (Lipinski definition) is 2. The Hall–Kier alpha value is -1.55. The molecule has 0 saturated carbocycles. The van der Waals surface area contributed by atoms with Crippen molar-refractivity contribution in [3.05, 3.63) is 28.8 Å². The Morgan fingerprint density at radius 2 is 2.25 bits per heavy atom. The van der Waals surface area contributed by atoms with E-state index in [1.54, 1.807) is 18.4 Å². The van der Waals surface area contributed by atoms with Crippen molar-refractivity contribution in [3.8, 4) is 0 Å². The zero-order valence-corrected chi connectivity index (χ0v) is 6.40. The summed E-state index contributed by atoms with van der Waals surface area (Å²) >= 11 is 0. The van der Waals surface area contributed by atoms with Crippen LogP contribution in [0.5, 0.6) is 0 Å². The van der Waals surface area contributed by atoms with Crippen molar-refractivity contribution in [2.75, 3.05) is 5.73 Å². The third-order valence-corrected chi connectivity index (χ3v) is 1.65. The minimum atomic E-state index is -0.582. The molecule has 4 N–H and O–H groups in total. The number of nitrogen functional groups attached to an aromatic ring is 1. The van der Waals surface area contributed by atoms with Gasteiger partial charge in [-0.2, -0.15) is 0 Å². The fraction of sp³-hybridized carbons (Fsp3) is 0.125. The summed E-state index contributed by atoms with van der Waals surface area (Å²) in [7, 11) is 0. The second kappa shape index (κ2) is 2.49. The minimum absolute atomic E-state index is 0.582. The monoisotopic (exact) mass is 163 g/mol. The van der Waals surface area contributed by atoms with Crippen molar-refractivity contribution < 1.29 is 4.74 Å². The van der Waals surface area contributed by atoms with Crippen molar-refractivity contribution in [2.24, 2.45) is 10.7 Å². The number of nitrogens with two attached hydrogens (primary N) is 2. The van der Waals surface area contributed by atoms with Crippen LogP contribution in [0.25, 0.3) is 6.26 Å². The van der Waals surface area contributed by atoms with Crippen LogP contribution in [-0.2, 0) is 4.74 Å². The van der Waals surface area contributed by atoms with Gasteiger partial charge in [-0.3, -0.25) is 5.73 Å². The average Bonchev–Trinajstić information content (AvgIpc) is 2.05. The van der Waals surface area contributed by atoms with E-state index in [1.807, 2.05) is 6.07 Å². The highest BCUT2D eigenvalue weighted by Crippen LogP contribution is 1.94. The first-order chi connectivity index (χ1) is 5.75. The molecule has 12 heavy (non-hydrogen) atoms. The SMILES string of the molecule is Nc1ccc2c(c1)=COC(N)N=2. The molecule has 62 valence electrons. The molecule has 1 aromatic rings. The molecule has 0 saturated heterocycles. The first-order valence-corrected chi connectivity index (χ1v) is 3.60. The summed E-state index contributed by atoms with van der Waals surface area (Å²) in [5.41, 5.74) is 11.7. The minimum Gasteiger partial charge on any atom is -0.463 e. The van der Waals surface area contributed by atoms with E-state index in [0.717, 1.165) is 10.6 Å². The Labute approximate surface area is 69.2 Å². The lowest BCUT2D eigenvalue weighted by Gasteiger charge is -2.09. The van der Waals surface area contributed by atoms with Crippen molar-refractivity contribution in [1.82, 2.24) is 0 Å². The first kappa shape index (κ1) is 7.12. The smallest absolute Gasteiger partial charge is 0.244 e. The van der Waals surface area contributed by atoms with E-state index < -0.39 is 6.35 Å². The Bertz CT molecular complexity index is 413. The van der Waals surface area contributed by atoms with Crippen LogP contribution in [-0.4, -0.2) is 6.35 Å². The lowest BCUT2D eigenvalue weighted by molar-refractivity contribution is 0.186. The van der Waals surface area contributed by atoms with E-state index in [2.05, 4.69) is 4.99 Å². The van der Waals surface area contributed by atoms with Gasteiger partial charge < -0.3 is 10.5 Å². The second-order valence-corrected chi connectivity index (χ2v) is 2.59. The van der Waals surface area contributed by atoms with E-state index in [9.17, 15) is 0 Å². The van der Waals surface area contributed by atoms with Gasteiger partial charge in [-0.25, -0.2) is 4.99 Å². The van der Waals surface area contributed by atoms with Crippen LogP contribution < -0.4 is 22.0 Å². The maximum atomic E-state index is 5.57. The molecular formula is C8H9N3O. The predicted octanol–water partition coefficient (Wildman–Crippen LogP) is -1.10. The van der Waals surface area contributed by atoms with Crippen LogP contribution in [0.3, 0.4) is 0 Å². The number of anilines is 1. The molecule has 0 spiro atoms. The first-order valence-electron chi connectivity index (χ1n) is 3.60. The van der Waals surface area contributed by atoms with E-state index in [1.165, 1.54) is 0 Å². The molecule has 1 heterocycles. The van der Waals surface area contributed by atoms with E-state index in [0.29, 0.717) is 5.69 Å². The molecule has 1 aliphatic heterocycles. The maximum Gasteiger partial charge on any atom is 0.244 e. The summed E-state index contributed by atoms with van der Waals surface area (Å²) in [5.74, 6) is 0. The Morgan fingerprint density at radius 3 is 3.08 bits per heavy atom. The highest BCUT2D eigenvalue weighted by molar-refractivity contribution is 5.39.